The molecule has 51 heavy (non-hydrogen) atoms. The molecule has 0 radical (unpaired) electrons. The fraction of sp³-hybridized carbons (Fsp3) is 0.651. The number of Topliss-reactive ketones (excluding diaryl/α,β-unsaturated/α-hetero) is 2. The summed E-state index contributed by atoms with van der Waals surface area (Å²) >= 11 is 0. The number of allylic oxidation sites excluding steroid dienone is 1. The molecule has 11 atom stereocenters. The fourth-order valence-electron chi connectivity index (χ4n) is 12.3. The standard InChI is InChI=1S/C43H58O8/c1-25(20-29(45)22-28(39(50)51)21-26(2)44)31-23-34(48)41(5)36-35-32(46)24-43(31,41)18-11-7-10-17-42(35)19-16-33(47)40(3,4)38(42)30(37(36)49)15-14-27-12-8-6-9-13-27/h6,8-9,12-15,22,25-26,29-31,34,37-38,44-45,48-49H,7,10-11,16-21,23-24H2,1-5H3,(H,50,51). The van der Waals surface area contributed by atoms with Gasteiger partial charge in [-0.25, -0.2) is 4.79 Å². The van der Waals surface area contributed by atoms with Gasteiger partial charge < -0.3 is 25.5 Å². The number of fused-ring (bicyclic) bond motifs is 2. The summed E-state index contributed by atoms with van der Waals surface area (Å²) in [7, 11) is 0. The van der Waals surface area contributed by atoms with Crippen LogP contribution in [-0.4, -0.2) is 67.5 Å². The smallest absolute Gasteiger partial charge is 0.331 e. The molecule has 2 bridgehead atoms. The summed E-state index contributed by atoms with van der Waals surface area (Å²) in [6.45, 7) is 9.60. The zero-order valence-corrected chi connectivity index (χ0v) is 31.0. The van der Waals surface area contributed by atoms with E-state index >= 15 is 4.79 Å². The molecule has 5 aliphatic rings. The predicted molar refractivity (Wildman–Crippen MR) is 195 cm³/mol. The first kappa shape index (κ1) is 37.8. The maximum Gasteiger partial charge on any atom is 0.331 e. The van der Waals surface area contributed by atoms with E-state index < -0.39 is 58.0 Å². The Labute approximate surface area is 302 Å². The number of benzene rings is 1. The normalized spacial score (nSPS) is 38.3. The molecule has 0 saturated heterocycles. The minimum absolute atomic E-state index is 0.0286. The number of aliphatic hydroxyl groups excluding tert-OH is 4. The van der Waals surface area contributed by atoms with E-state index in [0.717, 1.165) is 31.2 Å². The Hall–Kier alpha value is -2.91. The Bertz CT molecular complexity index is 1620. The van der Waals surface area contributed by atoms with Gasteiger partial charge in [0.05, 0.1) is 24.4 Å². The number of carboxylic acid groups (broad SMARTS) is 1. The SMILES string of the molecule is CC(O)CC(=CC(O)CC(C)C1CC(O)C2(C)C3=C4C(=O)CC12CCCCCC41CCC(=O)C(C)(C)C1C(C=Cc1ccccc1)C3O)C(=O)O. The van der Waals surface area contributed by atoms with Crippen molar-refractivity contribution < 1.29 is 39.9 Å². The van der Waals surface area contributed by atoms with Crippen LogP contribution < -0.4 is 0 Å². The number of carbonyl (C=O) groups excluding carboxylic acids is 2. The van der Waals surface area contributed by atoms with E-state index in [0.29, 0.717) is 36.8 Å². The number of hydrogen-bond acceptors (Lipinski definition) is 7. The van der Waals surface area contributed by atoms with Gasteiger partial charge in [-0.2, -0.15) is 0 Å². The summed E-state index contributed by atoms with van der Waals surface area (Å²) in [6, 6.07) is 9.91. The van der Waals surface area contributed by atoms with Crippen molar-refractivity contribution in [2.24, 2.45) is 45.3 Å². The molecule has 6 rings (SSSR count). The molecule has 8 nitrogen and oxygen atoms in total. The molecule has 8 heteroatoms. The lowest BCUT2D eigenvalue weighted by atomic mass is 9.38. The van der Waals surface area contributed by atoms with Gasteiger partial charge in [-0.1, -0.05) is 89.4 Å². The Morgan fingerprint density at radius 3 is 2.33 bits per heavy atom. The lowest BCUT2D eigenvalue weighted by molar-refractivity contribution is -0.155. The maximum absolute atomic E-state index is 15.1. The summed E-state index contributed by atoms with van der Waals surface area (Å²) in [4.78, 5) is 40.7. The molecular formula is C43H58O8. The molecule has 2 spiro atoms. The molecule has 11 unspecified atom stereocenters. The van der Waals surface area contributed by atoms with Crippen LogP contribution in [-0.2, 0) is 14.4 Å². The van der Waals surface area contributed by atoms with Gasteiger partial charge in [0.15, 0.2) is 5.78 Å². The number of aliphatic carboxylic acids is 1. The average Bonchev–Trinajstić information content (AvgIpc) is 3.29. The van der Waals surface area contributed by atoms with Crippen molar-refractivity contribution in [3.8, 4) is 0 Å². The minimum Gasteiger partial charge on any atom is -0.478 e. The highest BCUT2D eigenvalue weighted by Crippen LogP contribution is 2.74. The van der Waals surface area contributed by atoms with E-state index in [4.69, 9.17) is 0 Å². The van der Waals surface area contributed by atoms with Crippen LogP contribution in [0.25, 0.3) is 6.08 Å². The maximum atomic E-state index is 15.1. The first-order valence-electron chi connectivity index (χ1n) is 19.2. The van der Waals surface area contributed by atoms with Gasteiger partial charge in [-0.3, -0.25) is 9.59 Å². The second-order valence-electron chi connectivity index (χ2n) is 17.6. The fourth-order valence-corrected chi connectivity index (χ4v) is 12.3. The molecule has 0 aliphatic heterocycles. The molecule has 0 heterocycles. The Morgan fingerprint density at radius 2 is 1.67 bits per heavy atom. The summed E-state index contributed by atoms with van der Waals surface area (Å²) < 4.78 is 0. The van der Waals surface area contributed by atoms with E-state index in [9.17, 15) is 35.1 Å². The van der Waals surface area contributed by atoms with Gasteiger partial charge in [0.25, 0.3) is 0 Å². The molecule has 5 aliphatic carbocycles. The number of carboxylic acids is 1. The van der Waals surface area contributed by atoms with Gasteiger partial charge in [0, 0.05) is 52.6 Å². The second kappa shape index (κ2) is 13.8. The van der Waals surface area contributed by atoms with Crippen LogP contribution in [0.5, 0.6) is 0 Å². The lowest BCUT2D eigenvalue weighted by Gasteiger charge is -2.65. The monoisotopic (exact) mass is 702 g/mol. The molecule has 3 fully saturated rings. The Kier molecular flexibility index (Phi) is 10.2. The van der Waals surface area contributed by atoms with Crippen LogP contribution in [0.2, 0.25) is 0 Å². The summed E-state index contributed by atoms with van der Waals surface area (Å²) in [5, 5.41) is 56.0. The molecular weight excluding hydrogens is 644 g/mol. The average molecular weight is 703 g/mol. The predicted octanol–water partition coefficient (Wildman–Crippen LogP) is 6.46. The van der Waals surface area contributed by atoms with Crippen molar-refractivity contribution in [3.63, 3.8) is 0 Å². The number of aliphatic hydroxyl groups is 4. The van der Waals surface area contributed by atoms with Crippen LogP contribution in [0.1, 0.15) is 111 Å². The van der Waals surface area contributed by atoms with E-state index in [2.05, 4.69) is 13.0 Å². The van der Waals surface area contributed by atoms with Crippen LogP contribution in [0.15, 0.2) is 59.2 Å². The highest BCUT2D eigenvalue weighted by molar-refractivity contribution is 6.01. The number of hydrogen-bond donors (Lipinski definition) is 5. The van der Waals surface area contributed by atoms with Gasteiger partial charge in [-0.15, -0.1) is 0 Å². The molecule has 1 aromatic rings. The summed E-state index contributed by atoms with van der Waals surface area (Å²) in [6.07, 6.45) is 7.42. The quantitative estimate of drug-likeness (QED) is 0.184. The largest absolute Gasteiger partial charge is 0.478 e. The zero-order valence-electron chi connectivity index (χ0n) is 31.0. The van der Waals surface area contributed by atoms with Crippen LogP contribution in [0.4, 0.5) is 0 Å². The van der Waals surface area contributed by atoms with Crippen molar-refractivity contribution in [2.75, 3.05) is 0 Å². The zero-order chi connectivity index (χ0) is 37.1. The van der Waals surface area contributed by atoms with Gasteiger partial charge >= 0.3 is 5.97 Å². The van der Waals surface area contributed by atoms with E-state index in [1.54, 1.807) is 0 Å². The number of ketones is 2. The Morgan fingerprint density at radius 1 is 0.980 bits per heavy atom. The van der Waals surface area contributed by atoms with Crippen molar-refractivity contribution in [2.45, 2.75) is 130 Å². The Balaban J connectivity index is 1.50. The molecule has 1 aromatic carbocycles. The third-order valence-electron chi connectivity index (χ3n) is 14.4. The van der Waals surface area contributed by atoms with E-state index in [-0.39, 0.29) is 54.2 Å². The molecule has 0 aromatic heterocycles. The number of carbonyl (C=O) groups is 3. The summed E-state index contributed by atoms with van der Waals surface area (Å²) in [5.74, 6) is -2.10. The number of rotatable bonds is 9. The highest BCUT2D eigenvalue weighted by Gasteiger charge is 2.73. The molecule has 0 amide bonds. The van der Waals surface area contributed by atoms with Crippen molar-refractivity contribution in [1.29, 1.82) is 0 Å². The van der Waals surface area contributed by atoms with E-state index in [1.807, 2.05) is 57.2 Å². The van der Waals surface area contributed by atoms with Crippen molar-refractivity contribution in [3.05, 3.63) is 64.8 Å². The second-order valence-corrected chi connectivity index (χ2v) is 17.6. The molecule has 5 N–H and O–H groups in total. The molecule has 3 saturated carbocycles. The third-order valence-corrected chi connectivity index (χ3v) is 14.4. The van der Waals surface area contributed by atoms with Crippen molar-refractivity contribution >= 4 is 23.6 Å². The highest BCUT2D eigenvalue weighted by atomic mass is 16.4. The first-order valence-corrected chi connectivity index (χ1v) is 19.2. The lowest BCUT2D eigenvalue weighted by Crippen LogP contribution is -2.64. The third kappa shape index (κ3) is 6.02. The first-order chi connectivity index (χ1) is 24.0. The topological polar surface area (TPSA) is 152 Å². The van der Waals surface area contributed by atoms with Crippen molar-refractivity contribution in [1.82, 2.24) is 0 Å². The minimum atomic E-state index is -1.18. The van der Waals surface area contributed by atoms with E-state index in [1.165, 1.54) is 13.0 Å². The van der Waals surface area contributed by atoms with Gasteiger partial charge in [0.2, 0.25) is 0 Å². The van der Waals surface area contributed by atoms with Crippen LogP contribution in [0, 0.1) is 45.3 Å². The van der Waals surface area contributed by atoms with Gasteiger partial charge in [0.1, 0.15) is 5.78 Å². The van der Waals surface area contributed by atoms with Gasteiger partial charge in [-0.05, 0) is 79.4 Å². The summed E-state index contributed by atoms with van der Waals surface area (Å²) in [5.41, 5.74) is -0.688. The van der Waals surface area contributed by atoms with Crippen LogP contribution >= 0.6 is 0 Å². The molecule has 278 valence electrons. The van der Waals surface area contributed by atoms with Crippen LogP contribution in [0.3, 0.4) is 0 Å².